The van der Waals surface area contributed by atoms with Crippen LogP contribution in [0.1, 0.15) is 24.9 Å². The number of anilines is 1. The summed E-state index contributed by atoms with van der Waals surface area (Å²) >= 11 is 6.16. The molecule has 0 saturated heterocycles. The molecule has 0 bridgehead atoms. The number of halogens is 1. The van der Waals surface area contributed by atoms with Crippen molar-refractivity contribution in [3.05, 3.63) is 57.5 Å². The maximum Gasteiger partial charge on any atom is 0.287 e. The molecule has 1 saturated carbocycles. The van der Waals surface area contributed by atoms with Crippen LogP contribution in [-0.4, -0.2) is 9.78 Å². The minimum absolute atomic E-state index is 0.160. The lowest BCUT2D eigenvalue weighted by atomic mass is 10.0. The molecule has 4 nitrogen and oxygen atoms in total. The zero-order chi connectivity index (χ0) is 15.0. The van der Waals surface area contributed by atoms with Crippen LogP contribution in [0.25, 0.3) is 0 Å². The second kappa shape index (κ2) is 5.53. The van der Waals surface area contributed by atoms with Gasteiger partial charge in [0.1, 0.15) is 5.02 Å². The molecule has 1 aromatic heterocycles. The van der Waals surface area contributed by atoms with Gasteiger partial charge in [-0.3, -0.25) is 4.79 Å². The molecule has 3 atom stereocenters. The van der Waals surface area contributed by atoms with E-state index in [1.807, 2.05) is 18.2 Å². The van der Waals surface area contributed by atoms with Gasteiger partial charge < -0.3 is 5.32 Å². The molecular formula is C16H18ClN3O. The Morgan fingerprint density at radius 2 is 2.05 bits per heavy atom. The van der Waals surface area contributed by atoms with E-state index in [1.54, 1.807) is 13.2 Å². The summed E-state index contributed by atoms with van der Waals surface area (Å²) in [6, 6.07) is 10.4. The molecule has 1 fully saturated rings. The molecule has 0 amide bonds. The topological polar surface area (TPSA) is 46.9 Å². The quantitative estimate of drug-likeness (QED) is 0.943. The number of nitrogens with one attached hydrogen (secondary N) is 1. The third-order valence-electron chi connectivity index (χ3n) is 4.15. The van der Waals surface area contributed by atoms with E-state index < -0.39 is 0 Å². The first-order valence-corrected chi connectivity index (χ1v) is 7.49. The Morgan fingerprint density at radius 3 is 2.67 bits per heavy atom. The highest BCUT2D eigenvalue weighted by molar-refractivity contribution is 6.32. The SMILES string of the molecule is CC1CC1C(Nc1cnn(C)c(=O)c1Cl)c1ccccc1. The molecule has 0 spiro atoms. The van der Waals surface area contributed by atoms with Crippen molar-refractivity contribution in [2.24, 2.45) is 18.9 Å². The van der Waals surface area contributed by atoms with Crippen LogP contribution in [-0.2, 0) is 7.05 Å². The van der Waals surface area contributed by atoms with Crippen LogP contribution in [0.2, 0.25) is 5.02 Å². The summed E-state index contributed by atoms with van der Waals surface area (Å²) < 4.78 is 1.24. The highest BCUT2D eigenvalue weighted by Crippen LogP contribution is 2.48. The molecule has 1 N–H and O–H groups in total. The van der Waals surface area contributed by atoms with Gasteiger partial charge in [0.2, 0.25) is 0 Å². The molecule has 0 radical (unpaired) electrons. The van der Waals surface area contributed by atoms with Crippen molar-refractivity contribution >= 4 is 17.3 Å². The minimum Gasteiger partial charge on any atom is -0.375 e. The lowest BCUT2D eigenvalue weighted by Crippen LogP contribution is -2.23. The minimum atomic E-state index is -0.280. The van der Waals surface area contributed by atoms with Crippen molar-refractivity contribution in [3.8, 4) is 0 Å². The Hall–Kier alpha value is -1.81. The molecule has 3 rings (SSSR count). The monoisotopic (exact) mass is 303 g/mol. The number of aromatic nitrogens is 2. The van der Waals surface area contributed by atoms with Crippen LogP contribution in [0.5, 0.6) is 0 Å². The summed E-state index contributed by atoms with van der Waals surface area (Å²) in [5.74, 6) is 1.24. The van der Waals surface area contributed by atoms with Crippen molar-refractivity contribution < 1.29 is 0 Å². The lowest BCUT2D eigenvalue weighted by molar-refractivity contribution is 0.628. The van der Waals surface area contributed by atoms with E-state index in [0.717, 1.165) is 0 Å². The first-order chi connectivity index (χ1) is 10.1. The number of hydrogen-bond acceptors (Lipinski definition) is 3. The molecule has 2 aromatic rings. The van der Waals surface area contributed by atoms with Crippen LogP contribution in [0.15, 0.2) is 41.3 Å². The van der Waals surface area contributed by atoms with Crippen molar-refractivity contribution in [2.75, 3.05) is 5.32 Å². The van der Waals surface area contributed by atoms with Crippen LogP contribution < -0.4 is 10.9 Å². The number of benzene rings is 1. The second-order valence-electron chi connectivity index (χ2n) is 5.71. The van der Waals surface area contributed by atoms with Crippen molar-refractivity contribution in [3.63, 3.8) is 0 Å². The normalized spacial score (nSPS) is 21.9. The fourth-order valence-corrected chi connectivity index (χ4v) is 2.92. The molecule has 5 heteroatoms. The Kier molecular flexibility index (Phi) is 3.72. The zero-order valence-electron chi connectivity index (χ0n) is 12.1. The second-order valence-corrected chi connectivity index (χ2v) is 6.09. The molecule has 110 valence electrons. The summed E-state index contributed by atoms with van der Waals surface area (Å²) in [4.78, 5) is 11.9. The molecule has 21 heavy (non-hydrogen) atoms. The van der Waals surface area contributed by atoms with Gasteiger partial charge in [-0.15, -0.1) is 0 Å². The van der Waals surface area contributed by atoms with Gasteiger partial charge in [0, 0.05) is 7.05 Å². The number of rotatable bonds is 4. The van der Waals surface area contributed by atoms with Crippen LogP contribution in [0.3, 0.4) is 0 Å². The molecule has 1 heterocycles. The predicted molar refractivity (Wildman–Crippen MR) is 84.6 cm³/mol. The molecule has 0 aliphatic heterocycles. The van der Waals surface area contributed by atoms with E-state index in [-0.39, 0.29) is 16.6 Å². The summed E-state index contributed by atoms with van der Waals surface area (Å²) in [6.45, 7) is 2.24. The number of nitrogens with zero attached hydrogens (tertiary/aromatic N) is 2. The standard InChI is InChI=1S/C16H18ClN3O/c1-10-8-12(10)15(11-6-4-3-5-7-11)19-13-9-18-20(2)16(21)14(13)17/h3-7,9-10,12,15,19H,8H2,1-2H3. The van der Waals surface area contributed by atoms with E-state index in [0.29, 0.717) is 17.5 Å². The Morgan fingerprint density at radius 1 is 1.38 bits per heavy atom. The first kappa shape index (κ1) is 14.1. The highest BCUT2D eigenvalue weighted by Gasteiger charge is 2.40. The summed E-state index contributed by atoms with van der Waals surface area (Å²) in [6.07, 6.45) is 2.80. The van der Waals surface area contributed by atoms with Gasteiger partial charge in [-0.25, -0.2) is 4.68 Å². The maximum atomic E-state index is 11.9. The Bertz CT molecular complexity index is 698. The summed E-state index contributed by atoms with van der Waals surface area (Å²) in [7, 11) is 1.59. The number of hydrogen-bond donors (Lipinski definition) is 1. The van der Waals surface area contributed by atoms with Gasteiger partial charge in [-0.2, -0.15) is 5.10 Å². The fourth-order valence-electron chi connectivity index (χ4n) is 2.69. The van der Waals surface area contributed by atoms with Crippen molar-refractivity contribution in [1.29, 1.82) is 0 Å². The highest BCUT2D eigenvalue weighted by atomic mass is 35.5. The summed E-state index contributed by atoms with van der Waals surface area (Å²) in [5, 5.41) is 7.65. The van der Waals surface area contributed by atoms with Gasteiger partial charge in [-0.05, 0) is 23.8 Å². The largest absolute Gasteiger partial charge is 0.375 e. The van der Waals surface area contributed by atoms with Crippen molar-refractivity contribution in [1.82, 2.24) is 9.78 Å². The van der Waals surface area contributed by atoms with Crippen molar-refractivity contribution in [2.45, 2.75) is 19.4 Å². The van der Waals surface area contributed by atoms with E-state index in [9.17, 15) is 4.79 Å². The van der Waals surface area contributed by atoms with E-state index in [2.05, 4.69) is 29.5 Å². The van der Waals surface area contributed by atoms with Gasteiger partial charge in [-0.1, -0.05) is 48.9 Å². The molecular weight excluding hydrogens is 286 g/mol. The molecule has 1 aliphatic rings. The van der Waals surface area contributed by atoms with Crippen LogP contribution >= 0.6 is 11.6 Å². The smallest absolute Gasteiger partial charge is 0.287 e. The zero-order valence-corrected chi connectivity index (χ0v) is 12.8. The molecule has 1 aliphatic carbocycles. The maximum absolute atomic E-state index is 11.9. The van der Waals surface area contributed by atoms with Gasteiger partial charge in [0.25, 0.3) is 5.56 Å². The van der Waals surface area contributed by atoms with Gasteiger partial charge >= 0.3 is 0 Å². The average Bonchev–Trinajstić information content (AvgIpc) is 3.22. The predicted octanol–water partition coefficient (Wildman–Crippen LogP) is 3.24. The van der Waals surface area contributed by atoms with Crippen LogP contribution in [0, 0.1) is 11.8 Å². The molecule has 3 unspecified atom stereocenters. The third kappa shape index (κ3) is 2.81. The molecule has 1 aromatic carbocycles. The van der Waals surface area contributed by atoms with E-state index in [4.69, 9.17) is 11.6 Å². The van der Waals surface area contributed by atoms with E-state index >= 15 is 0 Å². The first-order valence-electron chi connectivity index (χ1n) is 7.11. The van der Waals surface area contributed by atoms with Crippen LogP contribution in [0.4, 0.5) is 5.69 Å². The Labute approximate surface area is 128 Å². The average molecular weight is 304 g/mol. The Balaban J connectivity index is 1.93. The lowest BCUT2D eigenvalue weighted by Gasteiger charge is -2.21. The van der Waals surface area contributed by atoms with Gasteiger partial charge in [0.05, 0.1) is 17.9 Å². The fraction of sp³-hybridized carbons (Fsp3) is 0.375. The summed E-state index contributed by atoms with van der Waals surface area (Å²) in [5.41, 5.74) is 1.54. The van der Waals surface area contributed by atoms with Gasteiger partial charge in [0.15, 0.2) is 0 Å². The number of aryl methyl sites for hydroxylation is 1. The third-order valence-corrected chi connectivity index (χ3v) is 4.51. The van der Waals surface area contributed by atoms with E-state index in [1.165, 1.54) is 16.7 Å².